The van der Waals surface area contributed by atoms with Crippen LogP contribution in [0.25, 0.3) is 0 Å². The van der Waals surface area contributed by atoms with E-state index in [0.29, 0.717) is 6.61 Å². The Balaban J connectivity index is 2.37. The first kappa shape index (κ1) is 16.2. The quantitative estimate of drug-likeness (QED) is 0.667. The Labute approximate surface area is 121 Å². The summed E-state index contributed by atoms with van der Waals surface area (Å²) in [6, 6.07) is 6.11. The second-order valence-electron chi connectivity index (χ2n) is 4.29. The summed E-state index contributed by atoms with van der Waals surface area (Å²) in [7, 11) is 1.68. The Morgan fingerprint density at radius 3 is 2.74 bits per heavy atom. The largest absolute Gasteiger partial charge is 0.493 e. The fourth-order valence-corrected chi connectivity index (χ4v) is 2.32. The van der Waals surface area contributed by atoms with Crippen molar-refractivity contribution in [1.29, 1.82) is 0 Å². The fourth-order valence-electron chi connectivity index (χ4n) is 1.83. The normalized spacial score (nSPS) is 10.5. The summed E-state index contributed by atoms with van der Waals surface area (Å²) < 4.78 is 10.8. The van der Waals surface area contributed by atoms with E-state index in [2.05, 4.69) is 17.6 Å². The molecule has 1 aromatic rings. The van der Waals surface area contributed by atoms with Crippen molar-refractivity contribution < 1.29 is 9.47 Å². The van der Waals surface area contributed by atoms with Crippen LogP contribution in [0, 0.1) is 0 Å². The van der Waals surface area contributed by atoms with Crippen molar-refractivity contribution in [2.75, 3.05) is 32.3 Å². The molecule has 0 aliphatic rings. The summed E-state index contributed by atoms with van der Waals surface area (Å²) in [6.07, 6.45) is 4.66. The van der Waals surface area contributed by atoms with Crippen molar-refractivity contribution in [3.63, 3.8) is 0 Å². The van der Waals surface area contributed by atoms with Gasteiger partial charge in [-0.1, -0.05) is 6.07 Å². The fraction of sp³-hybridized carbons (Fsp3) is 0.600. The van der Waals surface area contributed by atoms with Gasteiger partial charge in [-0.2, -0.15) is 11.8 Å². The molecule has 0 aliphatic carbocycles. The Bertz CT molecular complexity index is 358. The average molecular weight is 283 g/mol. The molecule has 19 heavy (non-hydrogen) atoms. The number of hydrogen-bond donors (Lipinski definition) is 1. The zero-order valence-electron chi connectivity index (χ0n) is 12.2. The van der Waals surface area contributed by atoms with Gasteiger partial charge in [-0.05, 0) is 56.0 Å². The molecule has 1 aromatic carbocycles. The van der Waals surface area contributed by atoms with Crippen molar-refractivity contribution >= 4 is 11.8 Å². The van der Waals surface area contributed by atoms with Gasteiger partial charge in [0.05, 0.1) is 13.7 Å². The zero-order valence-corrected chi connectivity index (χ0v) is 13.0. The van der Waals surface area contributed by atoms with Crippen LogP contribution in [0.2, 0.25) is 0 Å². The van der Waals surface area contributed by atoms with E-state index in [0.717, 1.165) is 24.6 Å². The third-order valence-corrected chi connectivity index (χ3v) is 3.51. The van der Waals surface area contributed by atoms with Gasteiger partial charge >= 0.3 is 0 Å². The first-order chi connectivity index (χ1) is 9.31. The highest BCUT2D eigenvalue weighted by Gasteiger charge is 2.04. The summed E-state index contributed by atoms with van der Waals surface area (Å²) in [5.74, 6) is 2.87. The Hall–Kier alpha value is -0.870. The van der Waals surface area contributed by atoms with E-state index in [1.54, 1.807) is 7.11 Å². The summed E-state index contributed by atoms with van der Waals surface area (Å²) in [5.41, 5.74) is 1.23. The van der Waals surface area contributed by atoms with Crippen molar-refractivity contribution in [2.24, 2.45) is 0 Å². The van der Waals surface area contributed by atoms with E-state index in [1.165, 1.54) is 24.2 Å². The highest BCUT2D eigenvalue weighted by Crippen LogP contribution is 2.27. The minimum atomic E-state index is 0.656. The highest BCUT2D eigenvalue weighted by atomic mass is 32.2. The smallest absolute Gasteiger partial charge is 0.161 e. The molecule has 0 aromatic heterocycles. The van der Waals surface area contributed by atoms with Gasteiger partial charge < -0.3 is 14.8 Å². The molecule has 0 atom stereocenters. The lowest BCUT2D eigenvalue weighted by molar-refractivity contribution is 0.310. The predicted octanol–water partition coefficient (Wildman–Crippen LogP) is 3.33. The molecule has 0 fully saturated rings. The maximum absolute atomic E-state index is 5.51. The van der Waals surface area contributed by atoms with Crippen LogP contribution in [-0.2, 0) is 6.54 Å². The predicted molar refractivity (Wildman–Crippen MR) is 83.5 cm³/mol. The van der Waals surface area contributed by atoms with Gasteiger partial charge in [-0.3, -0.25) is 0 Å². The zero-order chi connectivity index (χ0) is 13.9. The van der Waals surface area contributed by atoms with E-state index in [-0.39, 0.29) is 0 Å². The molecule has 0 heterocycles. The first-order valence-corrected chi connectivity index (χ1v) is 8.20. The van der Waals surface area contributed by atoms with Gasteiger partial charge in [0.2, 0.25) is 0 Å². The number of methoxy groups -OCH3 is 1. The molecule has 1 N–H and O–H groups in total. The third-order valence-electron chi connectivity index (χ3n) is 2.81. The molecule has 0 amide bonds. The third kappa shape index (κ3) is 6.21. The van der Waals surface area contributed by atoms with Crippen LogP contribution in [0.15, 0.2) is 18.2 Å². The van der Waals surface area contributed by atoms with E-state index in [9.17, 15) is 0 Å². The number of ether oxygens (including phenoxy) is 2. The molecule has 0 spiro atoms. The number of benzene rings is 1. The maximum Gasteiger partial charge on any atom is 0.161 e. The number of hydrogen-bond acceptors (Lipinski definition) is 4. The van der Waals surface area contributed by atoms with E-state index < -0.39 is 0 Å². The van der Waals surface area contributed by atoms with E-state index in [1.807, 2.05) is 30.8 Å². The van der Waals surface area contributed by atoms with Crippen molar-refractivity contribution in [3.8, 4) is 11.5 Å². The first-order valence-electron chi connectivity index (χ1n) is 6.81. The van der Waals surface area contributed by atoms with Crippen molar-refractivity contribution in [1.82, 2.24) is 5.32 Å². The van der Waals surface area contributed by atoms with Crippen LogP contribution < -0.4 is 14.8 Å². The Kier molecular flexibility index (Phi) is 8.50. The molecule has 0 bridgehead atoms. The van der Waals surface area contributed by atoms with Gasteiger partial charge in [0, 0.05) is 6.54 Å². The molecule has 3 nitrogen and oxygen atoms in total. The van der Waals surface area contributed by atoms with Crippen LogP contribution in [0.1, 0.15) is 25.3 Å². The Morgan fingerprint density at radius 2 is 2.05 bits per heavy atom. The maximum atomic E-state index is 5.51. The topological polar surface area (TPSA) is 30.5 Å². The second-order valence-corrected chi connectivity index (χ2v) is 5.28. The van der Waals surface area contributed by atoms with Crippen molar-refractivity contribution in [2.45, 2.75) is 26.3 Å². The van der Waals surface area contributed by atoms with Gasteiger partial charge in [-0.15, -0.1) is 0 Å². The van der Waals surface area contributed by atoms with Crippen LogP contribution in [0.4, 0.5) is 0 Å². The van der Waals surface area contributed by atoms with Gasteiger partial charge in [0.25, 0.3) is 0 Å². The summed E-state index contributed by atoms with van der Waals surface area (Å²) in [4.78, 5) is 0. The standard InChI is InChI=1S/C15H25NO2S/c1-4-18-14-8-7-13(11-15(14)17-2)12-16-9-5-6-10-19-3/h7-8,11,16H,4-6,9-10,12H2,1-3H3. The number of unbranched alkanes of at least 4 members (excludes halogenated alkanes) is 1. The highest BCUT2D eigenvalue weighted by molar-refractivity contribution is 7.98. The van der Waals surface area contributed by atoms with Gasteiger partial charge in [0.15, 0.2) is 11.5 Å². The summed E-state index contributed by atoms with van der Waals surface area (Å²) in [6.45, 7) is 4.57. The molecule has 0 unspecified atom stereocenters. The molecular formula is C15H25NO2S. The molecule has 0 radical (unpaired) electrons. The SMILES string of the molecule is CCOc1ccc(CNCCCCSC)cc1OC. The minimum absolute atomic E-state index is 0.656. The molecule has 4 heteroatoms. The van der Waals surface area contributed by atoms with E-state index >= 15 is 0 Å². The molecular weight excluding hydrogens is 258 g/mol. The summed E-state index contributed by atoms with van der Waals surface area (Å²) >= 11 is 1.91. The van der Waals surface area contributed by atoms with E-state index in [4.69, 9.17) is 9.47 Å². The second kappa shape index (κ2) is 9.98. The van der Waals surface area contributed by atoms with Gasteiger partial charge in [-0.25, -0.2) is 0 Å². The van der Waals surface area contributed by atoms with Crippen LogP contribution >= 0.6 is 11.8 Å². The summed E-state index contributed by atoms with van der Waals surface area (Å²) in [5, 5.41) is 3.46. The van der Waals surface area contributed by atoms with Crippen LogP contribution in [0.5, 0.6) is 11.5 Å². The van der Waals surface area contributed by atoms with Crippen LogP contribution in [0.3, 0.4) is 0 Å². The number of thioether (sulfide) groups is 1. The number of nitrogens with one attached hydrogen (secondary N) is 1. The lowest BCUT2D eigenvalue weighted by Crippen LogP contribution is -2.14. The number of rotatable bonds is 10. The van der Waals surface area contributed by atoms with Gasteiger partial charge in [0.1, 0.15) is 0 Å². The molecule has 108 valence electrons. The molecule has 0 aliphatic heterocycles. The Morgan fingerprint density at radius 1 is 1.21 bits per heavy atom. The average Bonchev–Trinajstić information content (AvgIpc) is 2.44. The monoisotopic (exact) mass is 283 g/mol. The lowest BCUT2D eigenvalue weighted by Gasteiger charge is -2.11. The molecule has 1 rings (SSSR count). The van der Waals surface area contributed by atoms with Crippen molar-refractivity contribution in [3.05, 3.63) is 23.8 Å². The molecule has 0 saturated carbocycles. The molecule has 0 saturated heterocycles. The van der Waals surface area contributed by atoms with Crippen LogP contribution in [-0.4, -0.2) is 32.3 Å². The minimum Gasteiger partial charge on any atom is -0.493 e. The lowest BCUT2D eigenvalue weighted by atomic mass is 10.2.